The molecule has 2 aliphatic rings. The van der Waals surface area contributed by atoms with Crippen molar-refractivity contribution < 1.29 is 9.84 Å². The van der Waals surface area contributed by atoms with Gasteiger partial charge < -0.3 is 15.2 Å². The van der Waals surface area contributed by atoms with Crippen LogP contribution in [0, 0.1) is 17.3 Å². The lowest BCUT2D eigenvalue weighted by atomic mass is 9.89. The van der Waals surface area contributed by atoms with Crippen LogP contribution in [0.4, 0.5) is 0 Å². The van der Waals surface area contributed by atoms with Crippen LogP contribution >= 0.6 is 0 Å². The highest BCUT2D eigenvalue weighted by atomic mass is 16.5. The summed E-state index contributed by atoms with van der Waals surface area (Å²) in [7, 11) is 0. The van der Waals surface area contributed by atoms with Gasteiger partial charge in [0.15, 0.2) is 0 Å². The van der Waals surface area contributed by atoms with Gasteiger partial charge in [0.05, 0.1) is 18.8 Å². The maximum atomic E-state index is 9.91. The third-order valence-corrected chi connectivity index (χ3v) is 4.98. The van der Waals surface area contributed by atoms with Crippen LogP contribution in [0.3, 0.4) is 0 Å². The molecule has 0 saturated heterocycles. The Labute approximate surface area is 118 Å². The second kappa shape index (κ2) is 6.55. The van der Waals surface area contributed by atoms with Gasteiger partial charge in [-0.1, -0.05) is 20.8 Å². The molecule has 2 atom stereocenters. The van der Waals surface area contributed by atoms with E-state index in [2.05, 4.69) is 26.1 Å². The van der Waals surface area contributed by atoms with Gasteiger partial charge in [-0.05, 0) is 55.9 Å². The van der Waals surface area contributed by atoms with E-state index in [0.717, 1.165) is 31.2 Å². The Bertz CT molecular complexity index is 272. The lowest BCUT2D eigenvalue weighted by molar-refractivity contribution is -0.0278. The molecule has 0 amide bonds. The van der Waals surface area contributed by atoms with E-state index in [1.165, 1.54) is 19.3 Å². The molecular weight excluding hydrogens is 238 g/mol. The molecule has 0 aromatic rings. The zero-order valence-corrected chi connectivity index (χ0v) is 12.8. The van der Waals surface area contributed by atoms with Crippen molar-refractivity contribution in [1.29, 1.82) is 0 Å². The molecule has 0 spiro atoms. The normalized spacial score (nSPS) is 35.1. The minimum Gasteiger partial charge on any atom is -0.389 e. The number of hydrogen-bond donors (Lipinski definition) is 2. The second-order valence-electron chi connectivity index (χ2n) is 7.42. The third-order valence-electron chi connectivity index (χ3n) is 4.98. The van der Waals surface area contributed by atoms with E-state index in [1.54, 1.807) is 0 Å². The molecule has 0 aliphatic heterocycles. The summed E-state index contributed by atoms with van der Waals surface area (Å²) in [5.41, 5.74) is 0.521. The first-order valence-corrected chi connectivity index (χ1v) is 7.98. The van der Waals surface area contributed by atoms with Gasteiger partial charge in [-0.3, -0.25) is 0 Å². The van der Waals surface area contributed by atoms with Crippen LogP contribution < -0.4 is 5.32 Å². The largest absolute Gasteiger partial charge is 0.389 e. The molecule has 2 N–H and O–H groups in total. The molecule has 3 nitrogen and oxygen atoms in total. The number of hydrogen-bond acceptors (Lipinski definition) is 3. The van der Waals surface area contributed by atoms with Gasteiger partial charge in [0.2, 0.25) is 0 Å². The Morgan fingerprint density at radius 3 is 2.47 bits per heavy atom. The highest BCUT2D eigenvalue weighted by Gasteiger charge is 2.44. The van der Waals surface area contributed by atoms with Gasteiger partial charge in [-0.15, -0.1) is 0 Å². The van der Waals surface area contributed by atoms with Crippen molar-refractivity contribution in [3.63, 3.8) is 0 Å². The van der Waals surface area contributed by atoms with Gasteiger partial charge in [0, 0.05) is 6.54 Å². The molecule has 0 aromatic carbocycles. The summed E-state index contributed by atoms with van der Waals surface area (Å²) in [6.07, 6.45) is 6.21. The topological polar surface area (TPSA) is 41.5 Å². The Morgan fingerprint density at radius 2 is 1.89 bits per heavy atom. The summed E-state index contributed by atoms with van der Waals surface area (Å²) < 4.78 is 5.82. The van der Waals surface area contributed by atoms with Crippen LogP contribution in [-0.2, 0) is 4.74 Å². The molecule has 2 saturated carbocycles. The van der Waals surface area contributed by atoms with Crippen molar-refractivity contribution in [1.82, 2.24) is 5.32 Å². The van der Waals surface area contributed by atoms with Crippen LogP contribution in [-0.4, -0.2) is 37.0 Å². The molecule has 2 rings (SSSR count). The SMILES string of the molecule is CC1CCC(OCC(O)CNCC2CC2(C)C)CC1. The van der Waals surface area contributed by atoms with Crippen molar-refractivity contribution in [2.45, 2.75) is 65.1 Å². The van der Waals surface area contributed by atoms with E-state index in [4.69, 9.17) is 4.74 Å². The van der Waals surface area contributed by atoms with Crippen LogP contribution in [0.1, 0.15) is 52.9 Å². The average Bonchev–Trinajstić information content (AvgIpc) is 2.96. The zero-order valence-electron chi connectivity index (χ0n) is 12.8. The number of aliphatic hydroxyl groups excluding tert-OH is 1. The zero-order chi connectivity index (χ0) is 13.9. The van der Waals surface area contributed by atoms with Crippen molar-refractivity contribution in [2.75, 3.05) is 19.7 Å². The minimum atomic E-state index is -0.360. The Hall–Kier alpha value is -0.120. The summed E-state index contributed by atoms with van der Waals surface area (Å²) >= 11 is 0. The van der Waals surface area contributed by atoms with Crippen molar-refractivity contribution in [3.05, 3.63) is 0 Å². The first kappa shape index (κ1) is 15.3. The first-order valence-electron chi connectivity index (χ1n) is 7.98. The van der Waals surface area contributed by atoms with Crippen molar-refractivity contribution in [2.24, 2.45) is 17.3 Å². The van der Waals surface area contributed by atoms with E-state index in [-0.39, 0.29) is 6.10 Å². The molecule has 2 unspecified atom stereocenters. The highest BCUT2D eigenvalue weighted by Crippen LogP contribution is 2.50. The van der Waals surface area contributed by atoms with Crippen LogP contribution in [0.15, 0.2) is 0 Å². The fourth-order valence-electron chi connectivity index (χ4n) is 3.05. The second-order valence-corrected chi connectivity index (χ2v) is 7.42. The lowest BCUT2D eigenvalue weighted by Gasteiger charge is -2.27. The summed E-state index contributed by atoms with van der Waals surface area (Å²) in [6, 6.07) is 0. The van der Waals surface area contributed by atoms with E-state index in [9.17, 15) is 5.11 Å². The van der Waals surface area contributed by atoms with E-state index < -0.39 is 0 Å². The average molecular weight is 269 g/mol. The molecule has 112 valence electrons. The Morgan fingerprint density at radius 1 is 1.26 bits per heavy atom. The van der Waals surface area contributed by atoms with Gasteiger partial charge in [0.1, 0.15) is 0 Å². The Kier molecular flexibility index (Phi) is 5.27. The van der Waals surface area contributed by atoms with Gasteiger partial charge in [0.25, 0.3) is 0 Å². The molecule has 0 heterocycles. The summed E-state index contributed by atoms with van der Waals surface area (Å²) in [5.74, 6) is 1.65. The third kappa shape index (κ3) is 5.05. The van der Waals surface area contributed by atoms with Crippen molar-refractivity contribution in [3.8, 4) is 0 Å². The predicted octanol–water partition coefficient (Wildman–Crippen LogP) is 2.58. The molecule has 0 radical (unpaired) electrons. The lowest BCUT2D eigenvalue weighted by Crippen LogP contribution is -2.34. The maximum Gasteiger partial charge on any atom is 0.0897 e. The molecule has 3 heteroatoms. The summed E-state index contributed by atoms with van der Waals surface area (Å²) in [5, 5.41) is 13.3. The molecule has 2 fully saturated rings. The molecule has 0 aromatic heterocycles. The molecular formula is C16H31NO2. The van der Waals surface area contributed by atoms with E-state index >= 15 is 0 Å². The number of ether oxygens (including phenoxy) is 1. The quantitative estimate of drug-likeness (QED) is 0.746. The Balaban J connectivity index is 1.49. The molecule has 2 aliphatic carbocycles. The van der Waals surface area contributed by atoms with Crippen molar-refractivity contribution >= 4 is 0 Å². The monoisotopic (exact) mass is 269 g/mol. The van der Waals surface area contributed by atoms with Gasteiger partial charge >= 0.3 is 0 Å². The van der Waals surface area contributed by atoms with E-state index in [0.29, 0.717) is 24.7 Å². The standard InChI is InChI=1S/C16H31NO2/c1-12-4-6-15(7-5-12)19-11-14(18)10-17-9-13-8-16(13,2)3/h12-15,17-18H,4-11H2,1-3H3. The minimum absolute atomic E-state index is 0.360. The molecule has 19 heavy (non-hydrogen) atoms. The fraction of sp³-hybridized carbons (Fsp3) is 1.00. The van der Waals surface area contributed by atoms with Gasteiger partial charge in [-0.25, -0.2) is 0 Å². The van der Waals surface area contributed by atoms with Crippen LogP contribution in [0.5, 0.6) is 0 Å². The van der Waals surface area contributed by atoms with Crippen LogP contribution in [0.25, 0.3) is 0 Å². The maximum absolute atomic E-state index is 9.91. The summed E-state index contributed by atoms with van der Waals surface area (Å²) in [6.45, 7) is 9.11. The summed E-state index contributed by atoms with van der Waals surface area (Å²) in [4.78, 5) is 0. The number of rotatable bonds is 7. The smallest absolute Gasteiger partial charge is 0.0897 e. The first-order chi connectivity index (χ1) is 8.97. The van der Waals surface area contributed by atoms with E-state index in [1.807, 2.05) is 0 Å². The fourth-order valence-corrected chi connectivity index (χ4v) is 3.05. The van der Waals surface area contributed by atoms with Crippen LogP contribution in [0.2, 0.25) is 0 Å². The molecule has 0 bridgehead atoms. The van der Waals surface area contributed by atoms with Gasteiger partial charge in [-0.2, -0.15) is 0 Å². The predicted molar refractivity (Wildman–Crippen MR) is 78.1 cm³/mol. The number of aliphatic hydroxyl groups is 1. The highest BCUT2D eigenvalue weighted by molar-refractivity contribution is 4.96. The number of nitrogens with one attached hydrogen (secondary N) is 1.